The molecule has 1 amide bonds. The summed E-state index contributed by atoms with van der Waals surface area (Å²) in [6.07, 6.45) is 1.98. The predicted octanol–water partition coefficient (Wildman–Crippen LogP) is 0.901. The van der Waals surface area contributed by atoms with Gasteiger partial charge in [0, 0.05) is 31.5 Å². The summed E-state index contributed by atoms with van der Waals surface area (Å²) < 4.78 is 0. The number of rotatable bonds is 5. The molecule has 0 spiro atoms. The second-order valence-corrected chi connectivity index (χ2v) is 8.29. The van der Waals surface area contributed by atoms with Crippen LogP contribution in [0.2, 0.25) is 13.1 Å². The maximum atomic E-state index is 11.9. The van der Waals surface area contributed by atoms with Gasteiger partial charge in [0.1, 0.15) is 0 Å². The van der Waals surface area contributed by atoms with Gasteiger partial charge in [0.05, 0.1) is 5.92 Å². The number of fused-ring (bicyclic) bond motifs is 1. The van der Waals surface area contributed by atoms with Crippen molar-refractivity contribution in [1.82, 2.24) is 16.0 Å². The van der Waals surface area contributed by atoms with E-state index in [9.17, 15) is 14.7 Å². The van der Waals surface area contributed by atoms with E-state index in [0.29, 0.717) is 19.3 Å². The van der Waals surface area contributed by atoms with E-state index in [-0.39, 0.29) is 47.7 Å². The minimum atomic E-state index is -0.804. The lowest BCUT2D eigenvalue weighted by molar-refractivity contribution is -0.143. The molecule has 0 radical (unpaired) electrons. The van der Waals surface area contributed by atoms with Crippen molar-refractivity contribution in [3.05, 3.63) is 0 Å². The Labute approximate surface area is 155 Å². The molecular weight excluding hydrogens is 339 g/mol. The lowest BCUT2D eigenvalue weighted by atomic mass is 9.63. The van der Waals surface area contributed by atoms with Crippen molar-refractivity contribution in [2.24, 2.45) is 23.7 Å². The van der Waals surface area contributed by atoms with Gasteiger partial charge in [-0.25, -0.2) is 12.5 Å². The average Bonchev–Trinajstić information content (AvgIpc) is 2.81. The van der Waals surface area contributed by atoms with Gasteiger partial charge >= 0.3 is 5.97 Å². The standard InChI is InChI=1S/C16H29BN4O3S/c1-4-9-7-19-16(18)21-12-5-10(15(23)24)11(6-17(3)25)13(12)14(9)20-8(2)22/h9-14,25H,4-7H2,1-3H3,(H,20,22)(H,23,24)(H3,18,19,21)/t9?,10-,11+,12+,13+,14+/m0/s1. The van der Waals surface area contributed by atoms with Gasteiger partial charge in [-0.2, -0.15) is 0 Å². The largest absolute Gasteiger partial charge is 0.481 e. The Morgan fingerprint density at radius 2 is 2.16 bits per heavy atom. The highest BCUT2D eigenvalue weighted by atomic mass is 32.1. The highest BCUT2D eigenvalue weighted by Crippen LogP contribution is 2.45. The summed E-state index contributed by atoms with van der Waals surface area (Å²) in [4.78, 5) is 23.7. The summed E-state index contributed by atoms with van der Waals surface area (Å²) in [5.41, 5.74) is 0. The molecule has 140 valence electrons. The Balaban J connectivity index is 2.43. The van der Waals surface area contributed by atoms with E-state index in [1.165, 1.54) is 6.92 Å². The van der Waals surface area contributed by atoms with Crippen molar-refractivity contribution in [2.75, 3.05) is 6.54 Å². The third-order valence-electron chi connectivity index (χ3n) is 5.60. The molecule has 25 heavy (non-hydrogen) atoms. The molecule has 1 heterocycles. The number of carbonyl (C=O) groups is 2. The van der Waals surface area contributed by atoms with Crippen molar-refractivity contribution in [3.63, 3.8) is 0 Å². The molecule has 0 aromatic rings. The third-order valence-corrected chi connectivity index (χ3v) is 5.81. The van der Waals surface area contributed by atoms with Gasteiger partial charge in [0.25, 0.3) is 0 Å². The first kappa shape index (κ1) is 19.9. The van der Waals surface area contributed by atoms with Crippen LogP contribution in [0.1, 0.15) is 26.7 Å². The number of carboxylic acid groups (broad SMARTS) is 1. The summed E-state index contributed by atoms with van der Waals surface area (Å²) in [5.74, 6) is -1.06. The van der Waals surface area contributed by atoms with Crippen LogP contribution in [0.3, 0.4) is 0 Å². The fourth-order valence-electron chi connectivity index (χ4n) is 4.60. The molecule has 1 aliphatic carbocycles. The molecule has 1 aliphatic heterocycles. The first-order chi connectivity index (χ1) is 11.7. The number of nitrogens with one attached hydrogen (secondary N) is 4. The van der Waals surface area contributed by atoms with Gasteiger partial charge in [-0.1, -0.05) is 20.1 Å². The molecule has 0 aromatic carbocycles. The van der Waals surface area contributed by atoms with Crippen molar-refractivity contribution < 1.29 is 14.7 Å². The maximum absolute atomic E-state index is 11.9. The number of carbonyl (C=O) groups excluding carboxylic acids is 1. The number of amides is 1. The number of hydrogen-bond donors (Lipinski definition) is 6. The number of hydrogen-bond acceptors (Lipinski definition) is 4. The highest BCUT2D eigenvalue weighted by molar-refractivity contribution is 8.10. The Morgan fingerprint density at radius 3 is 2.68 bits per heavy atom. The second-order valence-electron chi connectivity index (χ2n) is 7.41. The normalized spacial score (nSPS) is 34.8. The minimum absolute atomic E-state index is 0.0352. The molecule has 9 heteroatoms. The second kappa shape index (κ2) is 8.34. The number of aliphatic carboxylic acids is 1. The van der Waals surface area contributed by atoms with Gasteiger partial charge in [-0.3, -0.25) is 15.0 Å². The molecule has 7 nitrogen and oxygen atoms in total. The lowest BCUT2D eigenvalue weighted by Crippen LogP contribution is -2.59. The van der Waals surface area contributed by atoms with Gasteiger partial charge in [0.2, 0.25) is 11.9 Å². The van der Waals surface area contributed by atoms with Crippen LogP contribution in [0.5, 0.6) is 0 Å². The van der Waals surface area contributed by atoms with Crippen molar-refractivity contribution in [1.29, 1.82) is 5.41 Å². The highest BCUT2D eigenvalue weighted by Gasteiger charge is 2.52. The topological polar surface area (TPSA) is 114 Å². The molecule has 2 rings (SSSR count). The third kappa shape index (κ3) is 4.62. The van der Waals surface area contributed by atoms with Gasteiger partial charge in [-0.05, 0) is 24.7 Å². The van der Waals surface area contributed by atoms with Crippen molar-refractivity contribution >= 4 is 36.3 Å². The lowest BCUT2D eigenvalue weighted by Gasteiger charge is -2.41. The van der Waals surface area contributed by atoms with E-state index in [1.807, 2.05) is 6.82 Å². The molecule has 1 saturated heterocycles. The van der Waals surface area contributed by atoms with Crippen LogP contribution in [0.4, 0.5) is 0 Å². The number of carboxylic acids is 1. The van der Waals surface area contributed by atoms with Crippen LogP contribution in [0.25, 0.3) is 0 Å². The summed E-state index contributed by atoms with van der Waals surface area (Å²) in [5, 5.41) is 27.1. The van der Waals surface area contributed by atoms with E-state index < -0.39 is 11.9 Å². The monoisotopic (exact) mass is 368 g/mol. The molecule has 0 aromatic heterocycles. The van der Waals surface area contributed by atoms with Crippen molar-refractivity contribution in [2.45, 2.75) is 51.9 Å². The molecule has 2 fully saturated rings. The maximum Gasteiger partial charge on any atom is 0.306 e. The van der Waals surface area contributed by atoms with Crippen LogP contribution in [0.15, 0.2) is 0 Å². The zero-order valence-electron chi connectivity index (χ0n) is 15.1. The number of thiol groups is 1. The van der Waals surface area contributed by atoms with Gasteiger partial charge in [0.15, 0.2) is 5.96 Å². The van der Waals surface area contributed by atoms with Crippen molar-refractivity contribution in [3.8, 4) is 0 Å². The molecule has 0 bridgehead atoms. The van der Waals surface area contributed by atoms with Crippen LogP contribution < -0.4 is 16.0 Å². The zero-order chi connectivity index (χ0) is 18.7. The number of guanidine groups is 1. The predicted molar refractivity (Wildman–Crippen MR) is 102 cm³/mol. The fourth-order valence-corrected chi connectivity index (χ4v) is 4.84. The van der Waals surface area contributed by atoms with Crippen LogP contribution in [-0.2, 0) is 9.59 Å². The quantitative estimate of drug-likeness (QED) is 0.319. The van der Waals surface area contributed by atoms with Crippen LogP contribution >= 0.6 is 12.5 Å². The summed E-state index contributed by atoms with van der Waals surface area (Å²) in [7, 11) is 0. The molecule has 6 atom stereocenters. The van der Waals surface area contributed by atoms with E-state index >= 15 is 0 Å². The molecule has 2 aliphatic rings. The van der Waals surface area contributed by atoms with E-state index in [0.717, 1.165) is 6.42 Å². The Hall–Kier alpha value is -1.38. The molecule has 5 N–H and O–H groups in total. The Bertz CT molecular complexity index is 534. The van der Waals surface area contributed by atoms with Crippen LogP contribution in [-0.4, -0.2) is 47.6 Å². The van der Waals surface area contributed by atoms with E-state index in [4.69, 9.17) is 5.41 Å². The molecule has 1 saturated carbocycles. The average molecular weight is 368 g/mol. The minimum Gasteiger partial charge on any atom is -0.481 e. The van der Waals surface area contributed by atoms with E-state index in [1.54, 1.807) is 0 Å². The smallest absolute Gasteiger partial charge is 0.306 e. The van der Waals surface area contributed by atoms with Gasteiger partial charge in [-0.15, -0.1) is 0 Å². The summed E-state index contributed by atoms with van der Waals surface area (Å²) >= 11 is 4.49. The fraction of sp³-hybridized carbons (Fsp3) is 0.812. The molecule has 1 unspecified atom stereocenters. The van der Waals surface area contributed by atoms with E-state index in [2.05, 4.69) is 35.4 Å². The van der Waals surface area contributed by atoms with Crippen LogP contribution in [0, 0.1) is 29.1 Å². The zero-order valence-corrected chi connectivity index (χ0v) is 16.0. The summed E-state index contributed by atoms with van der Waals surface area (Å²) in [6.45, 7) is 6.12. The molecular formula is C16H29BN4O3S. The Kier molecular flexibility index (Phi) is 6.65. The van der Waals surface area contributed by atoms with Gasteiger partial charge < -0.3 is 21.1 Å². The Morgan fingerprint density at radius 1 is 1.48 bits per heavy atom. The summed E-state index contributed by atoms with van der Waals surface area (Å²) in [6, 6.07) is -0.272. The SMILES string of the molecule is CCC1CNC(=N)N[C@@H]2C[C@H](C(=O)O)[C@@H](CB(C)S)[C@H]2[C@@H]1NC(C)=O. The first-order valence-electron chi connectivity index (χ1n) is 9.01. The first-order valence-corrected chi connectivity index (χ1v) is 9.53.